The van der Waals surface area contributed by atoms with Crippen LogP contribution in [0.1, 0.15) is 31.0 Å². The molecular formula is C23H36N6O. The molecule has 2 heterocycles. The number of aryl methyl sites for hydroxylation is 1. The van der Waals surface area contributed by atoms with E-state index in [9.17, 15) is 0 Å². The van der Waals surface area contributed by atoms with E-state index in [1.165, 1.54) is 51.3 Å². The van der Waals surface area contributed by atoms with Gasteiger partial charge in [0.15, 0.2) is 5.96 Å². The molecule has 0 bridgehead atoms. The first-order chi connectivity index (χ1) is 14.7. The number of nitrogens with one attached hydrogen (secondary N) is 2. The summed E-state index contributed by atoms with van der Waals surface area (Å²) in [6.07, 6.45) is 4.04. The molecule has 3 rings (SSSR count). The summed E-state index contributed by atoms with van der Waals surface area (Å²) in [4.78, 5) is 14.0. The number of guanidine groups is 1. The van der Waals surface area contributed by atoms with E-state index in [0.29, 0.717) is 12.4 Å². The van der Waals surface area contributed by atoms with Crippen molar-refractivity contribution >= 4 is 5.96 Å². The van der Waals surface area contributed by atoms with Gasteiger partial charge in [0.2, 0.25) is 5.89 Å². The van der Waals surface area contributed by atoms with Gasteiger partial charge < -0.3 is 24.9 Å². The molecule has 1 fully saturated rings. The Bertz CT molecular complexity index is 777. The van der Waals surface area contributed by atoms with Crippen LogP contribution in [0.5, 0.6) is 0 Å². The molecule has 0 aliphatic carbocycles. The number of nitrogens with zero attached hydrogens (tertiary/aromatic N) is 4. The first-order valence-corrected chi connectivity index (χ1v) is 11.1. The minimum absolute atomic E-state index is 0.580. The maximum absolute atomic E-state index is 5.62. The van der Waals surface area contributed by atoms with Crippen LogP contribution in [-0.2, 0) is 6.54 Å². The number of hydrogen-bond acceptors (Lipinski definition) is 5. The molecule has 7 heteroatoms. The summed E-state index contributed by atoms with van der Waals surface area (Å²) in [5, 5.41) is 6.70. The van der Waals surface area contributed by atoms with E-state index in [1.54, 1.807) is 13.3 Å². The van der Waals surface area contributed by atoms with Gasteiger partial charge in [-0.25, -0.2) is 4.98 Å². The average Bonchev–Trinajstić information content (AvgIpc) is 3.25. The molecule has 1 aromatic carbocycles. The van der Waals surface area contributed by atoms with Crippen LogP contribution in [0.25, 0.3) is 11.5 Å². The van der Waals surface area contributed by atoms with Crippen LogP contribution < -0.4 is 10.6 Å². The average molecular weight is 413 g/mol. The smallest absolute Gasteiger partial charge is 0.226 e. The van der Waals surface area contributed by atoms with Gasteiger partial charge in [-0.1, -0.05) is 24.6 Å². The summed E-state index contributed by atoms with van der Waals surface area (Å²) < 4.78 is 5.62. The highest BCUT2D eigenvalue weighted by atomic mass is 16.3. The predicted molar refractivity (Wildman–Crippen MR) is 123 cm³/mol. The van der Waals surface area contributed by atoms with Crippen molar-refractivity contribution in [2.24, 2.45) is 4.99 Å². The number of hydrogen-bond donors (Lipinski definition) is 2. The zero-order valence-electron chi connectivity index (χ0n) is 18.7. The zero-order chi connectivity index (χ0) is 21.2. The van der Waals surface area contributed by atoms with Crippen LogP contribution in [0.3, 0.4) is 0 Å². The molecule has 1 aliphatic rings. The van der Waals surface area contributed by atoms with E-state index >= 15 is 0 Å². The molecule has 0 unspecified atom stereocenters. The number of aromatic nitrogens is 1. The molecule has 2 N–H and O–H groups in total. The number of aliphatic imine (C=N–C) groups is 1. The SMILES string of the molecule is CCN1CCN(CCCCNC(=NC)NCc2coc(-c3ccc(C)cc3)n2)CC1. The second-order valence-electron chi connectivity index (χ2n) is 7.85. The monoisotopic (exact) mass is 412 g/mol. The van der Waals surface area contributed by atoms with Crippen LogP contribution in [0.2, 0.25) is 0 Å². The normalized spacial score (nSPS) is 16.0. The minimum Gasteiger partial charge on any atom is -0.444 e. The molecule has 0 saturated carbocycles. The number of likely N-dealkylation sites (N-methyl/N-ethyl adjacent to an activating group) is 1. The number of rotatable bonds is 9. The molecule has 164 valence electrons. The van der Waals surface area contributed by atoms with Gasteiger partial charge in [0, 0.05) is 45.3 Å². The highest BCUT2D eigenvalue weighted by molar-refractivity contribution is 5.79. The Kier molecular flexibility index (Phi) is 8.71. The molecule has 30 heavy (non-hydrogen) atoms. The molecule has 0 atom stereocenters. The van der Waals surface area contributed by atoms with Gasteiger partial charge in [0.05, 0.1) is 12.2 Å². The topological polar surface area (TPSA) is 68.9 Å². The van der Waals surface area contributed by atoms with E-state index < -0.39 is 0 Å². The summed E-state index contributed by atoms with van der Waals surface area (Å²) in [6, 6.07) is 8.19. The molecule has 7 nitrogen and oxygen atoms in total. The van der Waals surface area contributed by atoms with Gasteiger partial charge in [0.1, 0.15) is 6.26 Å². The molecule has 1 aliphatic heterocycles. The van der Waals surface area contributed by atoms with E-state index in [4.69, 9.17) is 4.42 Å². The largest absolute Gasteiger partial charge is 0.444 e. The second-order valence-corrected chi connectivity index (χ2v) is 7.85. The Morgan fingerprint density at radius 2 is 1.80 bits per heavy atom. The standard InChI is InChI=1S/C23H36N6O/c1-4-28-13-15-29(16-14-28)12-6-5-11-25-23(24-3)26-17-21-18-30-22(27-21)20-9-7-19(2)8-10-20/h7-10,18H,4-6,11-17H2,1-3H3,(H2,24,25,26). The van der Waals surface area contributed by atoms with Gasteiger partial charge in [-0.15, -0.1) is 0 Å². The van der Waals surface area contributed by atoms with Crippen molar-refractivity contribution in [1.29, 1.82) is 0 Å². The fourth-order valence-electron chi connectivity index (χ4n) is 3.61. The third-order valence-electron chi connectivity index (χ3n) is 5.62. The zero-order valence-corrected chi connectivity index (χ0v) is 18.7. The lowest BCUT2D eigenvalue weighted by Crippen LogP contribution is -2.46. The number of benzene rings is 1. The Morgan fingerprint density at radius 3 is 2.50 bits per heavy atom. The van der Waals surface area contributed by atoms with Gasteiger partial charge in [0.25, 0.3) is 0 Å². The molecular weight excluding hydrogens is 376 g/mol. The number of oxazole rings is 1. The Labute approximate surface area is 180 Å². The van der Waals surface area contributed by atoms with Crippen LogP contribution in [0, 0.1) is 6.92 Å². The third-order valence-corrected chi connectivity index (χ3v) is 5.62. The van der Waals surface area contributed by atoms with Crippen LogP contribution in [0.4, 0.5) is 0 Å². The van der Waals surface area contributed by atoms with Crippen molar-refractivity contribution in [3.05, 3.63) is 41.8 Å². The predicted octanol–water partition coefficient (Wildman–Crippen LogP) is 2.73. The third kappa shape index (κ3) is 6.85. The summed E-state index contributed by atoms with van der Waals surface area (Å²) in [6.45, 7) is 13.0. The van der Waals surface area contributed by atoms with Crippen LogP contribution in [0.15, 0.2) is 39.9 Å². The van der Waals surface area contributed by atoms with Crippen molar-refractivity contribution in [2.75, 3.05) is 52.9 Å². The van der Waals surface area contributed by atoms with E-state index in [2.05, 4.69) is 56.4 Å². The van der Waals surface area contributed by atoms with Crippen LogP contribution >= 0.6 is 0 Å². The Balaban J connectivity index is 1.32. The fraction of sp³-hybridized carbons (Fsp3) is 0.565. The molecule has 0 radical (unpaired) electrons. The van der Waals surface area contributed by atoms with Crippen molar-refractivity contribution in [1.82, 2.24) is 25.4 Å². The number of unbranched alkanes of at least 4 members (excludes halogenated alkanes) is 1. The first-order valence-electron chi connectivity index (χ1n) is 11.1. The van der Waals surface area contributed by atoms with Crippen LogP contribution in [-0.4, -0.2) is 73.6 Å². The van der Waals surface area contributed by atoms with Gasteiger partial charge in [-0.2, -0.15) is 0 Å². The summed E-state index contributed by atoms with van der Waals surface area (Å²) >= 11 is 0. The lowest BCUT2D eigenvalue weighted by atomic mass is 10.1. The molecule has 1 aromatic heterocycles. The first kappa shape index (κ1) is 22.3. The number of piperazine rings is 1. The second kappa shape index (κ2) is 11.7. The highest BCUT2D eigenvalue weighted by Gasteiger charge is 2.14. The van der Waals surface area contributed by atoms with E-state index in [1.807, 2.05) is 12.1 Å². The van der Waals surface area contributed by atoms with Gasteiger partial charge in [-0.3, -0.25) is 4.99 Å². The molecule has 0 spiro atoms. The summed E-state index contributed by atoms with van der Waals surface area (Å²) in [7, 11) is 1.79. The molecule has 2 aromatic rings. The van der Waals surface area contributed by atoms with Gasteiger partial charge in [-0.05, 0) is 45.0 Å². The van der Waals surface area contributed by atoms with Crippen molar-refractivity contribution in [3.8, 4) is 11.5 Å². The Hall–Kier alpha value is -2.38. The summed E-state index contributed by atoms with van der Waals surface area (Å²) in [5.74, 6) is 1.45. The maximum atomic E-state index is 5.62. The van der Waals surface area contributed by atoms with Gasteiger partial charge >= 0.3 is 0 Å². The lowest BCUT2D eigenvalue weighted by molar-refractivity contribution is 0.136. The summed E-state index contributed by atoms with van der Waals surface area (Å²) in [5.41, 5.74) is 3.08. The minimum atomic E-state index is 0.580. The van der Waals surface area contributed by atoms with Crippen molar-refractivity contribution in [3.63, 3.8) is 0 Å². The highest BCUT2D eigenvalue weighted by Crippen LogP contribution is 2.18. The van der Waals surface area contributed by atoms with Crippen molar-refractivity contribution < 1.29 is 4.42 Å². The molecule has 1 saturated heterocycles. The maximum Gasteiger partial charge on any atom is 0.226 e. The fourth-order valence-corrected chi connectivity index (χ4v) is 3.61. The lowest BCUT2D eigenvalue weighted by Gasteiger charge is -2.34. The van der Waals surface area contributed by atoms with E-state index in [0.717, 1.165) is 30.2 Å². The quantitative estimate of drug-likeness (QED) is 0.375. The molecule has 0 amide bonds. The van der Waals surface area contributed by atoms with Crippen molar-refractivity contribution in [2.45, 2.75) is 33.2 Å². The van der Waals surface area contributed by atoms with E-state index in [-0.39, 0.29) is 0 Å². The Morgan fingerprint density at radius 1 is 1.07 bits per heavy atom.